The molecule has 0 amide bonds. The van der Waals surface area contributed by atoms with Crippen LogP contribution in [0.25, 0.3) is 11.4 Å². The highest BCUT2D eigenvalue weighted by molar-refractivity contribution is 7.80. The number of rotatable bonds is 5. The highest BCUT2D eigenvalue weighted by atomic mass is 32.1. The molecule has 4 heterocycles. The summed E-state index contributed by atoms with van der Waals surface area (Å²) in [6.45, 7) is 0.981. The normalized spacial score (nSPS) is 23.8. The maximum absolute atomic E-state index is 11.8. The molecule has 36 heavy (non-hydrogen) atoms. The number of ether oxygens (including phenoxy) is 5. The van der Waals surface area contributed by atoms with Gasteiger partial charge in [0.15, 0.2) is 22.4 Å². The third-order valence-electron chi connectivity index (χ3n) is 6.32. The van der Waals surface area contributed by atoms with E-state index in [4.69, 9.17) is 35.9 Å². The van der Waals surface area contributed by atoms with Gasteiger partial charge in [0.2, 0.25) is 6.79 Å². The fourth-order valence-corrected chi connectivity index (χ4v) is 4.90. The van der Waals surface area contributed by atoms with Crippen molar-refractivity contribution in [3.8, 4) is 22.9 Å². The smallest absolute Gasteiger partial charge is 0.337 e. The lowest BCUT2D eigenvalue weighted by Gasteiger charge is -2.20. The summed E-state index contributed by atoms with van der Waals surface area (Å²) in [5, 5.41) is 19.1. The average Bonchev–Trinajstić information content (AvgIpc) is 3.68. The predicted octanol–water partition coefficient (Wildman–Crippen LogP) is 1.55. The Balaban J connectivity index is 1.13. The summed E-state index contributed by atoms with van der Waals surface area (Å²) >= 11 is 5.49. The number of nitrogens with zero attached hydrogens (tertiary/aromatic N) is 4. The zero-order valence-corrected chi connectivity index (χ0v) is 19.9. The van der Waals surface area contributed by atoms with Crippen LogP contribution in [0.2, 0.25) is 0 Å². The SMILES string of the molecule is COC(=O)c1cccc(NC(=S)N[C@@H]2CO[C@@H]3[C@@H]2OC[C@@H]3n2nnnc2-c2ccc3c(c2)OCO3)c1. The molecule has 6 rings (SSSR count). The van der Waals surface area contributed by atoms with Gasteiger partial charge in [0, 0.05) is 11.3 Å². The Bertz CT molecular complexity index is 1320. The highest BCUT2D eigenvalue weighted by Gasteiger charge is 2.49. The quantitative estimate of drug-likeness (QED) is 0.381. The molecule has 0 saturated carbocycles. The van der Waals surface area contributed by atoms with Crippen LogP contribution in [0.4, 0.5) is 5.69 Å². The van der Waals surface area contributed by atoms with Crippen molar-refractivity contribution in [2.45, 2.75) is 24.3 Å². The number of hydrogen-bond donors (Lipinski definition) is 2. The first-order valence-corrected chi connectivity index (χ1v) is 11.7. The second-order valence-electron chi connectivity index (χ2n) is 8.46. The van der Waals surface area contributed by atoms with Crippen molar-refractivity contribution in [2.24, 2.45) is 0 Å². The van der Waals surface area contributed by atoms with Crippen molar-refractivity contribution in [2.75, 3.05) is 32.4 Å². The molecule has 4 atom stereocenters. The number of carbonyl (C=O) groups is 1. The number of tetrazole rings is 1. The maximum Gasteiger partial charge on any atom is 0.337 e. The summed E-state index contributed by atoms with van der Waals surface area (Å²) in [6, 6.07) is 12.1. The standard InChI is InChI=1S/C23H22N6O6S/c1-31-22(30)13-3-2-4-14(7-13)24-23(36)25-15-9-32-20-16(10-33-19(15)20)29-21(26-27-28-29)12-5-6-17-18(8-12)35-11-34-17/h2-8,15-16,19-20H,9-11H2,1H3,(H2,24,25,36)/t15-,16+,19-,20+/m1/s1. The van der Waals surface area contributed by atoms with Gasteiger partial charge in [-0.3, -0.25) is 0 Å². The molecule has 2 saturated heterocycles. The Kier molecular flexibility index (Phi) is 5.87. The van der Waals surface area contributed by atoms with Crippen LogP contribution in [0.5, 0.6) is 11.5 Å². The summed E-state index contributed by atoms with van der Waals surface area (Å²) in [7, 11) is 1.34. The first-order chi connectivity index (χ1) is 17.6. The summed E-state index contributed by atoms with van der Waals surface area (Å²) in [4.78, 5) is 11.8. The van der Waals surface area contributed by atoms with E-state index in [9.17, 15) is 4.79 Å². The third kappa shape index (κ3) is 4.10. The minimum Gasteiger partial charge on any atom is -0.465 e. The molecule has 3 aliphatic heterocycles. The number of methoxy groups -OCH3 is 1. The van der Waals surface area contributed by atoms with Crippen LogP contribution in [-0.2, 0) is 14.2 Å². The lowest BCUT2D eigenvalue weighted by molar-refractivity contribution is 0.0600. The van der Waals surface area contributed by atoms with E-state index in [1.54, 1.807) is 22.9 Å². The first-order valence-electron chi connectivity index (χ1n) is 11.3. The van der Waals surface area contributed by atoms with Gasteiger partial charge in [-0.15, -0.1) is 5.10 Å². The summed E-state index contributed by atoms with van der Waals surface area (Å²) in [5.41, 5.74) is 1.90. The molecule has 1 aromatic heterocycles. The van der Waals surface area contributed by atoms with E-state index in [1.165, 1.54) is 7.11 Å². The van der Waals surface area contributed by atoms with Crippen LogP contribution in [0.1, 0.15) is 16.4 Å². The monoisotopic (exact) mass is 510 g/mol. The molecule has 0 aliphatic carbocycles. The van der Waals surface area contributed by atoms with E-state index in [0.717, 1.165) is 5.56 Å². The van der Waals surface area contributed by atoms with Crippen molar-refractivity contribution in [1.29, 1.82) is 0 Å². The Morgan fingerprint density at radius 2 is 1.97 bits per heavy atom. The van der Waals surface area contributed by atoms with E-state index in [2.05, 4.69) is 26.2 Å². The highest BCUT2D eigenvalue weighted by Crippen LogP contribution is 2.38. The van der Waals surface area contributed by atoms with Crippen molar-refractivity contribution in [1.82, 2.24) is 25.5 Å². The lowest BCUT2D eigenvalue weighted by Crippen LogP contribution is -2.45. The van der Waals surface area contributed by atoms with E-state index >= 15 is 0 Å². The zero-order chi connectivity index (χ0) is 24.6. The molecule has 12 nitrogen and oxygen atoms in total. The summed E-state index contributed by atoms with van der Waals surface area (Å²) < 4.78 is 29.6. The second-order valence-corrected chi connectivity index (χ2v) is 8.86. The number of fused-ring (bicyclic) bond motifs is 2. The summed E-state index contributed by atoms with van der Waals surface area (Å²) in [5.74, 6) is 1.52. The number of carbonyl (C=O) groups excluding carboxylic acids is 1. The number of benzene rings is 2. The largest absolute Gasteiger partial charge is 0.465 e. The van der Waals surface area contributed by atoms with Gasteiger partial charge in [-0.05, 0) is 59.0 Å². The van der Waals surface area contributed by atoms with Crippen LogP contribution < -0.4 is 20.1 Å². The molecule has 0 spiro atoms. The van der Waals surface area contributed by atoms with E-state index in [-0.39, 0.29) is 31.1 Å². The minimum atomic E-state index is -0.419. The van der Waals surface area contributed by atoms with Crippen molar-refractivity contribution in [3.05, 3.63) is 48.0 Å². The van der Waals surface area contributed by atoms with Gasteiger partial charge in [-0.2, -0.15) is 0 Å². The molecule has 2 fully saturated rings. The summed E-state index contributed by atoms with van der Waals surface area (Å²) in [6.07, 6.45) is -0.505. The predicted molar refractivity (Wildman–Crippen MR) is 129 cm³/mol. The topological polar surface area (TPSA) is 131 Å². The fraction of sp³-hybridized carbons (Fsp3) is 0.348. The molecule has 2 aromatic carbocycles. The minimum absolute atomic E-state index is 0.172. The first kappa shape index (κ1) is 22.6. The number of esters is 1. The molecule has 0 bridgehead atoms. The van der Waals surface area contributed by atoms with Gasteiger partial charge in [0.05, 0.1) is 31.9 Å². The second kappa shape index (κ2) is 9.33. The van der Waals surface area contributed by atoms with Crippen LogP contribution in [0.3, 0.4) is 0 Å². The molecule has 0 unspecified atom stereocenters. The maximum atomic E-state index is 11.8. The third-order valence-corrected chi connectivity index (χ3v) is 6.54. The molecular formula is C23H22N6O6S. The number of thiocarbonyl (C=S) groups is 1. The molecule has 3 aromatic rings. The van der Waals surface area contributed by atoms with Gasteiger partial charge >= 0.3 is 5.97 Å². The molecular weight excluding hydrogens is 488 g/mol. The van der Waals surface area contributed by atoms with E-state index in [0.29, 0.717) is 46.9 Å². The lowest BCUT2D eigenvalue weighted by atomic mass is 10.1. The van der Waals surface area contributed by atoms with Crippen molar-refractivity contribution >= 4 is 29.0 Å². The van der Waals surface area contributed by atoms with Crippen molar-refractivity contribution in [3.63, 3.8) is 0 Å². The molecule has 3 aliphatic rings. The van der Waals surface area contributed by atoms with Gasteiger partial charge in [0.25, 0.3) is 0 Å². The van der Waals surface area contributed by atoms with Gasteiger partial charge in [-0.1, -0.05) is 6.07 Å². The van der Waals surface area contributed by atoms with Crippen LogP contribution in [0, 0.1) is 0 Å². The number of aromatic nitrogens is 4. The van der Waals surface area contributed by atoms with Crippen LogP contribution in [-0.4, -0.2) is 76.7 Å². The number of nitrogens with one attached hydrogen (secondary N) is 2. The van der Waals surface area contributed by atoms with Gasteiger partial charge in [0.1, 0.15) is 18.2 Å². The van der Waals surface area contributed by atoms with Crippen LogP contribution >= 0.6 is 12.2 Å². The average molecular weight is 511 g/mol. The molecule has 13 heteroatoms. The Labute approximate surface area is 210 Å². The fourth-order valence-electron chi connectivity index (χ4n) is 4.63. The Morgan fingerprint density at radius 3 is 2.86 bits per heavy atom. The van der Waals surface area contributed by atoms with Crippen molar-refractivity contribution < 1.29 is 28.5 Å². The molecule has 2 N–H and O–H groups in total. The Hall–Kier alpha value is -3.81. The number of hydrogen-bond acceptors (Lipinski definition) is 10. The van der Waals surface area contributed by atoms with Gasteiger partial charge in [-0.25, -0.2) is 9.48 Å². The van der Waals surface area contributed by atoms with Crippen LogP contribution in [0.15, 0.2) is 42.5 Å². The molecule has 0 radical (unpaired) electrons. The molecule has 186 valence electrons. The Morgan fingerprint density at radius 1 is 1.11 bits per heavy atom. The van der Waals surface area contributed by atoms with E-state index < -0.39 is 5.97 Å². The zero-order valence-electron chi connectivity index (χ0n) is 19.1. The van der Waals surface area contributed by atoms with E-state index in [1.807, 2.05) is 24.3 Å². The number of anilines is 1. The van der Waals surface area contributed by atoms with Gasteiger partial charge < -0.3 is 34.3 Å².